The Morgan fingerprint density at radius 1 is 0.909 bits per heavy atom. The molecule has 0 bridgehead atoms. The highest BCUT2D eigenvalue weighted by Gasteiger charge is 2.44. The van der Waals surface area contributed by atoms with Crippen molar-refractivity contribution in [3.05, 3.63) is 30.1 Å². The van der Waals surface area contributed by atoms with Crippen LogP contribution in [-0.4, -0.2) is 111 Å². The van der Waals surface area contributed by atoms with Crippen molar-refractivity contribution in [1.29, 1.82) is 0 Å². The van der Waals surface area contributed by atoms with Crippen LogP contribution in [0.25, 0.3) is 0 Å². The van der Waals surface area contributed by atoms with E-state index < -0.39 is 36.4 Å². The number of rotatable bonds is 5. The molecule has 1 unspecified atom stereocenters. The number of likely N-dealkylation sites (N-methyl/N-ethyl adjacent to an activating group) is 1. The van der Waals surface area contributed by atoms with E-state index in [1.54, 1.807) is 0 Å². The van der Waals surface area contributed by atoms with Gasteiger partial charge in [-0.1, -0.05) is 6.07 Å². The number of aliphatic carboxylic acids is 3. The number of likely N-dealkylation sites (tertiary alicyclic amines) is 1. The van der Waals surface area contributed by atoms with Crippen molar-refractivity contribution >= 4 is 17.9 Å². The van der Waals surface area contributed by atoms with Crippen LogP contribution in [0.2, 0.25) is 0 Å². The number of carboxylic acids is 3. The maximum Gasteiger partial charge on any atom is 0.490 e. The number of nitrogens with zero attached hydrogens (tertiary/aromatic N) is 3. The number of carboxylic acid groups (broad SMARTS) is 3. The van der Waals surface area contributed by atoms with Gasteiger partial charge in [-0.15, -0.1) is 0 Å². The first kappa shape index (κ1) is 38.8. The second-order valence-electron chi connectivity index (χ2n) is 10.2. The maximum absolute atomic E-state index is 10.6. The Labute approximate surface area is 245 Å². The minimum atomic E-state index is -5.08. The summed E-state index contributed by atoms with van der Waals surface area (Å²) in [6.45, 7) is 5.59. The Bertz CT molecular complexity index is 1000. The molecule has 1 aromatic rings. The number of piperidine rings is 1. The minimum absolute atomic E-state index is 0.156. The normalized spacial score (nSPS) is 19.9. The first-order valence-corrected chi connectivity index (χ1v) is 12.9. The molecule has 1 saturated carbocycles. The van der Waals surface area contributed by atoms with E-state index in [-0.39, 0.29) is 5.60 Å². The molecule has 1 aliphatic carbocycles. The Morgan fingerprint density at radius 3 is 1.73 bits per heavy atom. The van der Waals surface area contributed by atoms with Crippen LogP contribution in [0.5, 0.6) is 0 Å². The topological polar surface area (TPSA) is 140 Å². The number of hydrogen-bond donors (Lipinski definition) is 3. The number of hydrogen-bond acceptors (Lipinski definition) is 7. The smallest absolute Gasteiger partial charge is 0.475 e. The third-order valence-corrected chi connectivity index (χ3v) is 6.66. The van der Waals surface area contributed by atoms with Crippen molar-refractivity contribution in [3.63, 3.8) is 0 Å². The Morgan fingerprint density at radius 2 is 1.36 bits per heavy atom. The summed E-state index contributed by atoms with van der Waals surface area (Å²) in [5.41, 5.74) is 1.30. The molecule has 3 heterocycles. The predicted molar refractivity (Wildman–Crippen MR) is 132 cm³/mol. The van der Waals surface area contributed by atoms with Gasteiger partial charge >= 0.3 is 36.4 Å². The average molecular weight is 658 g/mol. The predicted octanol–water partition coefficient (Wildman–Crippen LogP) is 4.45. The minimum Gasteiger partial charge on any atom is -0.475 e. The van der Waals surface area contributed by atoms with Crippen molar-refractivity contribution in [2.75, 3.05) is 33.3 Å². The SMILES string of the molecule is CN(Cc1ccccn1)C1COC2(CCN(CC3CC3)CC2)C1.O=C(O)C(F)(F)F.O=C(O)C(F)(F)F.O=C(O)C(F)(F)F. The van der Waals surface area contributed by atoms with Crippen molar-refractivity contribution in [2.24, 2.45) is 5.92 Å². The molecule has 4 rings (SSSR count). The van der Waals surface area contributed by atoms with Gasteiger partial charge in [0.25, 0.3) is 0 Å². The van der Waals surface area contributed by atoms with Gasteiger partial charge < -0.3 is 25.0 Å². The lowest BCUT2D eigenvalue weighted by molar-refractivity contribution is -0.193. The van der Waals surface area contributed by atoms with E-state index in [1.807, 2.05) is 12.3 Å². The Balaban J connectivity index is 0.000000379. The fourth-order valence-corrected chi connectivity index (χ4v) is 4.14. The highest BCUT2D eigenvalue weighted by molar-refractivity contribution is 5.73. The van der Waals surface area contributed by atoms with Gasteiger partial charge in [-0.05, 0) is 57.2 Å². The highest BCUT2D eigenvalue weighted by atomic mass is 19.4. The molecule has 3 N–H and O–H groups in total. The lowest BCUT2D eigenvalue weighted by Gasteiger charge is -2.39. The summed E-state index contributed by atoms with van der Waals surface area (Å²) in [4.78, 5) is 36.2. The van der Waals surface area contributed by atoms with Crippen molar-refractivity contribution in [3.8, 4) is 0 Å². The van der Waals surface area contributed by atoms with Crippen molar-refractivity contribution in [1.82, 2.24) is 14.8 Å². The molecular formula is C25H32F9N3O7. The second-order valence-corrected chi connectivity index (χ2v) is 10.2. The van der Waals surface area contributed by atoms with E-state index in [1.165, 1.54) is 51.7 Å². The van der Waals surface area contributed by atoms with Crippen LogP contribution in [0.3, 0.4) is 0 Å². The molecular weight excluding hydrogens is 625 g/mol. The first-order chi connectivity index (χ1) is 20.1. The number of carbonyl (C=O) groups is 3. The van der Waals surface area contributed by atoms with Crippen molar-refractivity contribution < 1.29 is 74.0 Å². The van der Waals surface area contributed by atoms with Gasteiger partial charge in [0.2, 0.25) is 0 Å². The van der Waals surface area contributed by atoms with E-state index in [9.17, 15) is 39.5 Å². The molecule has 1 atom stereocenters. The van der Waals surface area contributed by atoms with Gasteiger partial charge in [0.15, 0.2) is 0 Å². The summed E-state index contributed by atoms with van der Waals surface area (Å²) in [6, 6.07) is 6.69. The number of ether oxygens (including phenoxy) is 1. The van der Waals surface area contributed by atoms with Gasteiger partial charge in [0.1, 0.15) is 0 Å². The zero-order valence-electron chi connectivity index (χ0n) is 23.3. The van der Waals surface area contributed by atoms with E-state index >= 15 is 0 Å². The van der Waals surface area contributed by atoms with Crippen LogP contribution >= 0.6 is 0 Å². The van der Waals surface area contributed by atoms with Gasteiger partial charge in [-0.25, -0.2) is 14.4 Å². The molecule has 0 amide bonds. The number of pyridine rings is 1. The third-order valence-electron chi connectivity index (χ3n) is 6.66. The van der Waals surface area contributed by atoms with E-state index in [0.717, 1.165) is 24.8 Å². The van der Waals surface area contributed by atoms with E-state index in [4.69, 9.17) is 34.4 Å². The fraction of sp³-hybridized carbons (Fsp3) is 0.680. The molecule has 1 aromatic heterocycles. The summed E-state index contributed by atoms with van der Waals surface area (Å²) in [7, 11) is 2.21. The summed E-state index contributed by atoms with van der Waals surface area (Å²) in [5.74, 6) is -7.27. The summed E-state index contributed by atoms with van der Waals surface area (Å²) >= 11 is 0. The zero-order valence-corrected chi connectivity index (χ0v) is 23.3. The highest BCUT2D eigenvalue weighted by Crippen LogP contribution is 2.39. The molecule has 1 spiro atoms. The van der Waals surface area contributed by atoms with E-state index in [0.29, 0.717) is 6.04 Å². The maximum atomic E-state index is 10.6. The molecule has 44 heavy (non-hydrogen) atoms. The average Bonchev–Trinajstić information content (AvgIpc) is 3.62. The summed E-state index contributed by atoms with van der Waals surface area (Å²) in [5, 5.41) is 21.4. The molecule has 10 nitrogen and oxygen atoms in total. The van der Waals surface area contributed by atoms with E-state index in [2.05, 4.69) is 34.0 Å². The molecule has 2 saturated heterocycles. The zero-order chi connectivity index (χ0) is 33.9. The lowest BCUT2D eigenvalue weighted by Crippen LogP contribution is -2.45. The largest absolute Gasteiger partial charge is 0.490 e. The monoisotopic (exact) mass is 657 g/mol. The standard InChI is InChI=1S/C19H29N3O.3C2HF3O2/c1-21(14-17-4-2-3-9-20-17)18-12-19(23-15-18)7-10-22(11-8-19)13-16-5-6-16;3*3-2(4,5)1(6)7/h2-4,9,16,18H,5-8,10-15H2,1H3;3*(H,6,7). The van der Waals surface area contributed by atoms with Crippen LogP contribution in [-0.2, 0) is 25.7 Å². The Kier molecular flexibility index (Phi) is 14.3. The number of aromatic nitrogens is 1. The summed E-state index contributed by atoms with van der Waals surface area (Å²) in [6.07, 6.45) is -6.84. The molecule has 3 aliphatic rings. The Hall–Kier alpha value is -3.19. The lowest BCUT2D eigenvalue weighted by atomic mass is 9.87. The third kappa shape index (κ3) is 15.0. The van der Waals surface area contributed by atoms with Gasteiger partial charge in [0, 0.05) is 38.4 Å². The quantitative estimate of drug-likeness (QED) is 0.390. The second kappa shape index (κ2) is 16.2. The number of halogens is 9. The first-order valence-electron chi connectivity index (χ1n) is 12.9. The molecule has 3 fully saturated rings. The van der Waals surface area contributed by atoms with Gasteiger partial charge in [0.05, 0.1) is 17.9 Å². The van der Waals surface area contributed by atoms with Crippen LogP contribution in [0.15, 0.2) is 24.4 Å². The van der Waals surface area contributed by atoms with Crippen molar-refractivity contribution in [2.45, 2.75) is 68.8 Å². The fourth-order valence-electron chi connectivity index (χ4n) is 4.14. The molecule has 19 heteroatoms. The molecule has 0 aromatic carbocycles. The molecule has 0 radical (unpaired) electrons. The summed E-state index contributed by atoms with van der Waals surface area (Å²) < 4.78 is 102. The molecule has 252 valence electrons. The van der Waals surface area contributed by atoms with Gasteiger partial charge in [-0.3, -0.25) is 9.88 Å². The van der Waals surface area contributed by atoms with Gasteiger partial charge in [-0.2, -0.15) is 39.5 Å². The van der Waals surface area contributed by atoms with Crippen LogP contribution in [0, 0.1) is 5.92 Å². The molecule has 2 aliphatic heterocycles. The van der Waals surface area contributed by atoms with Crippen LogP contribution < -0.4 is 0 Å². The van der Waals surface area contributed by atoms with Crippen LogP contribution in [0.4, 0.5) is 39.5 Å². The number of alkyl halides is 9. The van der Waals surface area contributed by atoms with Crippen LogP contribution in [0.1, 0.15) is 37.8 Å².